The van der Waals surface area contributed by atoms with Crippen molar-refractivity contribution >= 4 is 27.7 Å². The second kappa shape index (κ2) is 5.70. The maximum Gasteiger partial charge on any atom is 0.346 e. The van der Waals surface area contributed by atoms with E-state index in [1.807, 2.05) is 19.1 Å². The van der Waals surface area contributed by atoms with Gasteiger partial charge in [-0.2, -0.15) is 10.4 Å². The highest BCUT2D eigenvalue weighted by Crippen LogP contribution is 2.34. The molecule has 4 aromatic rings. The Kier molecular flexibility index (Phi) is 3.48. The lowest BCUT2D eigenvalue weighted by molar-refractivity contribution is 0.569. The summed E-state index contributed by atoms with van der Waals surface area (Å²) in [6.45, 7) is 2.04. The molecule has 0 saturated heterocycles. The van der Waals surface area contributed by atoms with Crippen LogP contribution in [0.3, 0.4) is 0 Å². The Balaban J connectivity index is 2.29. The lowest BCUT2D eigenvalue weighted by atomic mass is 9.99. The summed E-state index contributed by atoms with van der Waals surface area (Å²) in [5.74, 6) is 0.0741. The van der Waals surface area contributed by atoms with Crippen LogP contribution < -0.4 is 11.4 Å². The third-order valence-corrected chi connectivity index (χ3v) is 4.53. The van der Waals surface area contributed by atoms with Crippen molar-refractivity contribution in [1.82, 2.24) is 14.8 Å². The van der Waals surface area contributed by atoms with Crippen molar-refractivity contribution in [2.24, 2.45) is 7.05 Å². The molecule has 0 aliphatic rings. The molecule has 0 atom stereocenters. The zero-order valence-corrected chi connectivity index (χ0v) is 14.3. The Hall–Kier alpha value is -3.66. The highest BCUT2D eigenvalue weighted by molar-refractivity contribution is 6.09. The average molecular weight is 345 g/mol. The Morgan fingerprint density at radius 2 is 2.15 bits per heavy atom. The number of benzene rings is 1. The molecule has 0 radical (unpaired) electrons. The molecule has 0 amide bonds. The fourth-order valence-corrected chi connectivity index (χ4v) is 3.21. The molecule has 0 bridgehead atoms. The molecule has 1 aromatic carbocycles. The van der Waals surface area contributed by atoms with Gasteiger partial charge in [0.15, 0.2) is 0 Å². The van der Waals surface area contributed by atoms with Crippen LogP contribution >= 0.6 is 0 Å². The number of aromatic nitrogens is 3. The second-order valence-corrected chi connectivity index (χ2v) is 6.00. The summed E-state index contributed by atoms with van der Waals surface area (Å²) in [4.78, 5) is 17.1. The summed E-state index contributed by atoms with van der Waals surface area (Å²) in [5, 5.41) is 14.7. The van der Waals surface area contributed by atoms with E-state index in [4.69, 9.17) is 10.2 Å². The molecule has 128 valence electrons. The maximum absolute atomic E-state index is 12.8. The predicted octanol–water partition coefficient (Wildman–Crippen LogP) is 2.76. The van der Waals surface area contributed by atoms with E-state index in [1.165, 1.54) is 0 Å². The van der Waals surface area contributed by atoms with Gasteiger partial charge >= 0.3 is 5.63 Å². The molecule has 2 N–H and O–H groups in total. The molecule has 7 nitrogen and oxygen atoms in total. The van der Waals surface area contributed by atoms with Crippen molar-refractivity contribution < 1.29 is 4.42 Å². The Morgan fingerprint density at radius 3 is 2.81 bits per heavy atom. The van der Waals surface area contributed by atoms with Crippen LogP contribution in [0, 0.1) is 11.3 Å². The largest absolute Gasteiger partial charge is 0.422 e. The van der Waals surface area contributed by atoms with Crippen LogP contribution in [-0.4, -0.2) is 14.8 Å². The van der Waals surface area contributed by atoms with Gasteiger partial charge in [-0.25, -0.2) is 9.78 Å². The lowest BCUT2D eigenvalue weighted by Crippen LogP contribution is -2.09. The topological polar surface area (TPSA) is 111 Å². The third-order valence-electron chi connectivity index (χ3n) is 4.53. The number of fused-ring (bicyclic) bond motifs is 3. The van der Waals surface area contributed by atoms with Crippen LogP contribution in [0.15, 0.2) is 39.7 Å². The van der Waals surface area contributed by atoms with Crippen LogP contribution in [0.25, 0.3) is 33.1 Å². The van der Waals surface area contributed by atoms with Crippen molar-refractivity contribution in [2.75, 3.05) is 5.73 Å². The van der Waals surface area contributed by atoms with E-state index in [9.17, 15) is 10.1 Å². The molecule has 4 rings (SSSR count). The van der Waals surface area contributed by atoms with E-state index < -0.39 is 5.63 Å². The van der Waals surface area contributed by atoms with Crippen molar-refractivity contribution in [3.63, 3.8) is 0 Å². The van der Waals surface area contributed by atoms with Gasteiger partial charge in [-0.3, -0.25) is 4.68 Å². The molecule has 0 fully saturated rings. The number of hydrogen-bond acceptors (Lipinski definition) is 6. The van der Waals surface area contributed by atoms with Crippen LogP contribution in [0.1, 0.15) is 18.1 Å². The summed E-state index contributed by atoms with van der Waals surface area (Å²) >= 11 is 0. The summed E-state index contributed by atoms with van der Waals surface area (Å²) in [7, 11) is 1.73. The summed E-state index contributed by atoms with van der Waals surface area (Å²) in [5.41, 5.74) is 8.59. The first-order chi connectivity index (χ1) is 12.5. The zero-order chi connectivity index (χ0) is 18.4. The Bertz CT molecular complexity index is 1280. The minimum Gasteiger partial charge on any atom is -0.422 e. The number of nitrogens with zero attached hydrogens (tertiary/aromatic N) is 4. The maximum atomic E-state index is 12.8. The van der Waals surface area contributed by atoms with Crippen molar-refractivity contribution in [2.45, 2.75) is 13.3 Å². The average Bonchev–Trinajstić information content (AvgIpc) is 3.06. The molecule has 26 heavy (non-hydrogen) atoms. The molecule has 3 heterocycles. The Labute approximate surface area is 148 Å². The fraction of sp³-hybridized carbons (Fsp3) is 0.158. The van der Waals surface area contributed by atoms with E-state index in [0.29, 0.717) is 27.7 Å². The van der Waals surface area contributed by atoms with Gasteiger partial charge in [-0.05, 0) is 30.2 Å². The monoisotopic (exact) mass is 345 g/mol. The SMILES string of the molecule is CCc1ccc2oc(=O)c3c(-c4ccnn4C)c(C#N)c(N)nc3c2c1. The highest BCUT2D eigenvalue weighted by atomic mass is 16.4. The van der Waals surface area contributed by atoms with Crippen LogP contribution in [0.5, 0.6) is 0 Å². The molecule has 0 spiro atoms. The van der Waals surface area contributed by atoms with E-state index in [2.05, 4.69) is 16.2 Å². The number of anilines is 1. The number of pyridine rings is 1. The fourth-order valence-electron chi connectivity index (χ4n) is 3.21. The number of rotatable bonds is 2. The van der Waals surface area contributed by atoms with E-state index in [-0.39, 0.29) is 16.8 Å². The standard InChI is InChI=1S/C19H15N5O2/c1-3-10-4-5-14-11(8-10)17-16(19(25)26-14)15(12(9-20)18(21)23-17)13-6-7-22-24(13)2/h4-8H,3H2,1-2H3,(H2,21,23). The second-order valence-electron chi connectivity index (χ2n) is 6.00. The molecule has 7 heteroatoms. The van der Waals surface area contributed by atoms with Gasteiger partial charge in [0.25, 0.3) is 0 Å². The molecule has 0 saturated carbocycles. The van der Waals surface area contributed by atoms with Crippen molar-refractivity contribution in [3.8, 4) is 17.3 Å². The Morgan fingerprint density at radius 1 is 1.35 bits per heavy atom. The third kappa shape index (κ3) is 2.16. The van der Waals surface area contributed by atoms with Crippen molar-refractivity contribution in [1.29, 1.82) is 5.26 Å². The first kappa shape index (κ1) is 15.8. The van der Waals surface area contributed by atoms with Gasteiger partial charge in [0.2, 0.25) is 0 Å². The first-order valence-electron chi connectivity index (χ1n) is 8.12. The van der Waals surface area contributed by atoms with Gasteiger partial charge < -0.3 is 10.2 Å². The number of nitrogen functional groups attached to an aromatic ring is 1. The number of hydrogen-bond donors (Lipinski definition) is 1. The van der Waals surface area contributed by atoms with Gasteiger partial charge in [0.1, 0.15) is 23.0 Å². The summed E-state index contributed by atoms with van der Waals surface area (Å²) in [6, 6.07) is 9.39. The van der Waals surface area contributed by atoms with Crippen molar-refractivity contribution in [3.05, 3.63) is 52.0 Å². The predicted molar refractivity (Wildman–Crippen MR) is 98.5 cm³/mol. The minimum absolute atomic E-state index is 0.0741. The number of aryl methyl sites for hydroxylation is 2. The molecule has 3 aromatic heterocycles. The van der Waals surface area contributed by atoms with Gasteiger partial charge in [-0.1, -0.05) is 13.0 Å². The molecular formula is C19H15N5O2. The number of nitriles is 1. The minimum atomic E-state index is -0.558. The first-order valence-corrected chi connectivity index (χ1v) is 8.12. The zero-order valence-electron chi connectivity index (χ0n) is 14.3. The number of nitrogens with two attached hydrogens (primary N) is 1. The molecule has 0 unspecified atom stereocenters. The van der Waals surface area contributed by atoms with Crippen LogP contribution in [0.4, 0.5) is 5.82 Å². The molecular weight excluding hydrogens is 330 g/mol. The van der Waals surface area contributed by atoms with E-state index in [0.717, 1.165) is 12.0 Å². The molecule has 0 aliphatic heterocycles. The highest BCUT2D eigenvalue weighted by Gasteiger charge is 2.22. The van der Waals surface area contributed by atoms with E-state index >= 15 is 0 Å². The van der Waals surface area contributed by atoms with Gasteiger partial charge in [-0.15, -0.1) is 0 Å². The quantitative estimate of drug-likeness (QED) is 0.442. The van der Waals surface area contributed by atoms with Crippen LogP contribution in [-0.2, 0) is 13.5 Å². The normalized spacial score (nSPS) is 11.1. The summed E-state index contributed by atoms with van der Waals surface area (Å²) in [6.07, 6.45) is 2.42. The van der Waals surface area contributed by atoms with Gasteiger partial charge in [0.05, 0.1) is 16.6 Å². The van der Waals surface area contributed by atoms with E-state index in [1.54, 1.807) is 30.1 Å². The lowest BCUT2D eigenvalue weighted by Gasteiger charge is -2.12. The smallest absolute Gasteiger partial charge is 0.346 e. The van der Waals surface area contributed by atoms with Gasteiger partial charge in [0, 0.05) is 24.2 Å². The molecule has 0 aliphatic carbocycles. The van der Waals surface area contributed by atoms with Crippen LogP contribution in [0.2, 0.25) is 0 Å². The summed E-state index contributed by atoms with van der Waals surface area (Å²) < 4.78 is 7.10.